The Labute approximate surface area is 169 Å². The molecule has 0 fully saturated rings. The molecule has 156 valence electrons. The molecule has 0 bridgehead atoms. The van der Waals surface area contributed by atoms with E-state index in [4.69, 9.17) is 0 Å². The van der Waals surface area contributed by atoms with Gasteiger partial charge in [-0.3, -0.25) is 9.59 Å². The third kappa shape index (κ3) is 2.91. The third-order valence-electron chi connectivity index (χ3n) is 4.74. The lowest BCUT2D eigenvalue weighted by Gasteiger charge is -2.25. The van der Waals surface area contributed by atoms with Gasteiger partial charge in [0.2, 0.25) is 0 Å². The van der Waals surface area contributed by atoms with Crippen molar-refractivity contribution < 1.29 is 35.9 Å². The summed E-state index contributed by atoms with van der Waals surface area (Å²) in [5, 5.41) is 0. The van der Waals surface area contributed by atoms with Crippen molar-refractivity contribution in [3.8, 4) is 0 Å². The summed E-state index contributed by atoms with van der Waals surface area (Å²) in [6.45, 7) is 3.08. The highest BCUT2D eigenvalue weighted by atomic mass is 32.1. The summed E-state index contributed by atoms with van der Waals surface area (Å²) in [7, 11) is 0. The Balaban J connectivity index is 2.48. The summed E-state index contributed by atoms with van der Waals surface area (Å²) in [5.74, 6) is -16.0. The van der Waals surface area contributed by atoms with Crippen molar-refractivity contribution in [1.82, 2.24) is 0 Å². The quantitative estimate of drug-likeness (QED) is 0.376. The maximum Gasteiger partial charge on any atom is 0.380 e. The van der Waals surface area contributed by atoms with Crippen LogP contribution in [0.3, 0.4) is 0 Å². The van der Waals surface area contributed by atoms with Crippen LogP contribution in [0.4, 0.5) is 26.3 Å². The van der Waals surface area contributed by atoms with E-state index in [-0.39, 0.29) is 32.4 Å². The maximum absolute atomic E-state index is 14.8. The van der Waals surface area contributed by atoms with Gasteiger partial charge in [-0.2, -0.15) is 26.3 Å². The van der Waals surface area contributed by atoms with Crippen LogP contribution in [0.25, 0.3) is 11.1 Å². The molecule has 1 aliphatic rings. The minimum absolute atomic E-state index is 0.0346. The maximum atomic E-state index is 14.8. The highest BCUT2D eigenvalue weighted by Gasteiger charge is 2.80. The van der Waals surface area contributed by atoms with Crippen molar-refractivity contribution in [3.63, 3.8) is 0 Å². The number of allylic oxidation sites excluding steroid dienone is 2. The Hall–Kier alpha value is -1.94. The van der Waals surface area contributed by atoms with Gasteiger partial charge in [0.25, 0.3) is 0 Å². The largest absolute Gasteiger partial charge is 0.380 e. The topological polar surface area (TPSA) is 34.1 Å². The van der Waals surface area contributed by atoms with E-state index >= 15 is 0 Å². The molecule has 0 N–H and O–H groups in total. The summed E-state index contributed by atoms with van der Waals surface area (Å²) in [6, 6.07) is 1.88. The molecule has 0 saturated heterocycles. The monoisotopic (exact) mass is 452 g/mol. The van der Waals surface area contributed by atoms with E-state index < -0.39 is 40.0 Å². The highest BCUT2D eigenvalue weighted by Crippen LogP contribution is 2.65. The van der Waals surface area contributed by atoms with Crippen LogP contribution >= 0.6 is 22.7 Å². The highest BCUT2D eigenvalue weighted by molar-refractivity contribution is 7.14. The first kappa shape index (κ1) is 21.8. The van der Waals surface area contributed by atoms with Gasteiger partial charge in [-0.05, 0) is 36.1 Å². The number of carbonyl (C=O) groups is 2. The lowest BCUT2D eigenvalue weighted by molar-refractivity contribution is -0.254. The number of alkyl halides is 6. The van der Waals surface area contributed by atoms with Crippen LogP contribution in [0.5, 0.6) is 0 Å². The normalized spacial score (nSPS) is 19.6. The first-order valence-corrected chi connectivity index (χ1v) is 10.2. The third-order valence-corrected chi connectivity index (χ3v) is 7.15. The SMILES string of the molecule is CCc1sc(C=O)cc1C1=C(c2cc(C=O)sc2CC)C(F)(F)C(F)(F)C1(F)F. The van der Waals surface area contributed by atoms with Gasteiger partial charge in [0.15, 0.2) is 12.6 Å². The van der Waals surface area contributed by atoms with E-state index in [9.17, 15) is 35.9 Å². The van der Waals surface area contributed by atoms with Crippen molar-refractivity contribution in [2.45, 2.75) is 44.5 Å². The second-order valence-electron chi connectivity index (χ2n) is 6.39. The van der Waals surface area contributed by atoms with E-state index in [1.54, 1.807) is 13.8 Å². The van der Waals surface area contributed by atoms with E-state index in [1.165, 1.54) is 0 Å². The Morgan fingerprint density at radius 3 is 1.38 bits per heavy atom. The molecular formula is C19H14F6O2S2. The summed E-state index contributed by atoms with van der Waals surface area (Å²) < 4.78 is 88.0. The molecule has 2 aromatic rings. The molecule has 29 heavy (non-hydrogen) atoms. The summed E-state index contributed by atoms with van der Waals surface area (Å²) >= 11 is 1.57. The predicted molar refractivity (Wildman–Crippen MR) is 99.8 cm³/mol. The first-order valence-electron chi connectivity index (χ1n) is 8.53. The van der Waals surface area contributed by atoms with E-state index in [0.717, 1.165) is 34.8 Å². The fourth-order valence-electron chi connectivity index (χ4n) is 3.40. The molecule has 0 spiro atoms. The van der Waals surface area contributed by atoms with Gasteiger partial charge in [0.05, 0.1) is 9.75 Å². The Kier molecular flexibility index (Phi) is 5.32. The molecule has 10 heteroatoms. The van der Waals surface area contributed by atoms with Crippen molar-refractivity contribution in [1.29, 1.82) is 0 Å². The molecule has 0 unspecified atom stereocenters. The number of halogens is 6. The number of aldehydes is 2. The average molecular weight is 452 g/mol. The van der Waals surface area contributed by atoms with Crippen LogP contribution in [-0.2, 0) is 12.8 Å². The van der Waals surface area contributed by atoms with Gasteiger partial charge < -0.3 is 0 Å². The van der Waals surface area contributed by atoms with Crippen LogP contribution in [0.2, 0.25) is 0 Å². The second-order valence-corrected chi connectivity index (χ2v) is 8.72. The van der Waals surface area contributed by atoms with Gasteiger partial charge in [0.1, 0.15) is 0 Å². The van der Waals surface area contributed by atoms with Crippen LogP contribution in [0.1, 0.15) is 54.1 Å². The minimum Gasteiger partial charge on any atom is -0.297 e. The molecule has 0 saturated carbocycles. The molecule has 0 radical (unpaired) electrons. The lowest BCUT2D eigenvalue weighted by atomic mass is 9.94. The number of rotatable bonds is 6. The summed E-state index contributed by atoms with van der Waals surface area (Å²) in [5.41, 5.74) is -3.95. The molecule has 2 aromatic heterocycles. The molecule has 0 aromatic carbocycles. The van der Waals surface area contributed by atoms with Gasteiger partial charge in [-0.25, -0.2) is 0 Å². The molecular weight excluding hydrogens is 438 g/mol. The van der Waals surface area contributed by atoms with E-state index in [0.29, 0.717) is 12.6 Å². The number of hydrogen-bond acceptors (Lipinski definition) is 4. The molecule has 2 heterocycles. The Bertz CT molecular complexity index is 938. The van der Waals surface area contributed by atoms with Crippen molar-refractivity contribution in [3.05, 3.63) is 42.8 Å². The van der Waals surface area contributed by atoms with Gasteiger partial charge in [0, 0.05) is 20.9 Å². The summed E-state index contributed by atoms with van der Waals surface area (Å²) in [6.07, 6.45) is 0.871. The zero-order chi connectivity index (χ0) is 21.8. The number of carbonyl (C=O) groups excluding carboxylic acids is 2. The molecule has 0 aliphatic heterocycles. The predicted octanol–water partition coefficient (Wildman–Crippen LogP) is 6.39. The Morgan fingerprint density at radius 1 is 0.759 bits per heavy atom. The number of hydrogen-bond donors (Lipinski definition) is 0. The van der Waals surface area contributed by atoms with Gasteiger partial charge >= 0.3 is 17.8 Å². The molecule has 1 aliphatic carbocycles. The molecule has 0 atom stereocenters. The van der Waals surface area contributed by atoms with E-state index in [1.807, 2.05) is 0 Å². The van der Waals surface area contributed by atoms with Crippen molar-refractivity contribution in [2.24, 2.45) is 0 Å². The second kappa shape index (κ2) is 7.09. The lowest BCUT2D eigenvalue weighted by Crippen LogP contribution is -2.48. The fourth-order valence-corrected chi connectivity index (χ4v) is 5.25. The van der Waals surface area contributed by atoms with Gasteiger partial charge in [-0.1, -0.05) is 13.8 Å². The zero-order valence-electron chi connectivity index (χ0n) is 15.1. The molecule has 3 rings (SSSR count). The van der Waals surface area contributed by atoms with Gasteiger partial charge in [-0.15, -0.1) is 22.7 Å². The van der Waals surface area contributed by atoms with Crippen molar-refractivity contribution >= 4 is 46.4 Å². The molecule has 2 nitrogen and oxygen atoms in total. The molecule has 0 amide bonds. The first-order chi connectivity index (χ1) is 13.5. The smallest absolute Gasteiger partial charge is 0.297 e. The zero-order valence-corrected chi connectivity index (χ0v) is 16.8. The van der Waals surface area contributed by atoms with Crippen LogP contribution in [-0.4, -0.2) is 30.3 Å². The Morgan fingerprint density at radius 2 is 1.10 bits per heavy atom. The van der Waals surface area contributed by atoms with E-state index in [2.05, 4.69) is 0 Å². The fraction of sp³-hybridized carbons (Fsp3) is 0.368. The van der Waals surface area contributed by atoms with Crippen LogP contribution < -0.4 is 0 Å². The average Bonchev–Trinajstić information content (AvgIpc) is 3.30. The number of thiophene rings is 2. The van der Waals surface area contributed by atoms with Crippen LogP contribution in [0.15, 0.2) is 12.1 Å². The minimum atomic E-state index is -5.67. The standard InChI is InChI=1S/C19H14F6O2S2/c1-3-13-11(5-9(7-26)28-13)15-16(12-6-10(8-27)29-14(12)4-2)18(22,23)19(24,25)17(15,20)21/h5-8H,3-4H2,1-2H3. The summed E-state index contributed by atoms with van der Waals surface area (Å²) in [4.78, 5) is 22.3. The van der Waals surface area contributed by atoms with Crippen LogP contribution in [0, 0.1) is 0 Å². The van der Waals surface area contributed by atoms with Crippen molar-refractivity contribution in [2.75, 3.05) is 0 Å². The number of aryl methyl sites for hydroxylation is 2.